The van der Waals surface area contributed by atoms with Crippen LogP contribution in [-0.2, 0) is 24.0 Å². The summed E-state index contributed by atoms with van der Waals surface area (Å²) in [5.41, 5.74) is -2.63. The molecule has 0 aliphatic heterocycles. The van der Waals surface area contributed by atoms with Gasteiger partial charge in [0.2, 0.25) is 0 Å². The van der Waals surface area contributed by atoms with E-state index >= 15 is 0 Å². The van der Waals surface area contributed by atoms with Gasteiger partial charge in [0.15, 0.2) is 5.41 Å². The van der Waals surface area contributed by atoms with Gasteiger partial charge in [0.1, 0.15) is 12.2 Å². The van der Waals surface area contributed by atoms with E-state index in [0.717, 1.165) is 11.2 Å². The number of alkyl halides is 3. The van der Waals surface area contributed by atoms with Gasteiger partial charge < -0.3 is 4.74 Å². The summed E-state index contributed by atoms with van der Waals surface area (Å²) in [6, 6.07) is 0. The van der Waals surface area contributed by atoms with Crippen molar-refractivity contribution in [3.8, 4) is 0 Å². The highest BCUT2D eigenvalue weighted by Gasteiger charge is 2.59. The minimum Gasteiger partial charge on any atom is -0.459 e. The van der Waals surface area contributed by atoms with E-state index in [2.05, 4.69) is 0 Å². The molecule has 10 heteroatoms. The molecule has 0 aromatic rings. The van der Waals surface area contributed by atoms with Crippen molar-refractivity contribution in [3.63, 3.8) is 0 Å². The number of rotatable bonds is 6. The van der Waals surface area contributed by atoms with E-state index in [1.807, 2.05) is 0 Å². The first-order valence-corrected chi connectivity index (χ1v) is 9.58. The molecule has 0 heterocycles. The van der Waals surface area contributed by atoms with Crippen molar-refractivity contribution >= 4 is 16.3 Å². The Hall–Kier alpha value is -0.870. The zero-order valence-corrected chi connectivity index (χ0v) is 15.5. The van der Waals surface area contributed by atoms with Crippen molar-refractivity contribution in [2.24, 2.45) is 17.3 Å². The topological polar surface area (TPSA) is 72.9 Å². The Bertz CT molecular complexity index is 621. The molecule has 0 amide bonds. The molecular weight excluding hydrogens is 363 g/mol. The van der Waals surface area contributed by atoms with Gasteiger partial charge in [-0.25, -0.2) is 0 Å². The molecular formula is C15H24F3NO5S. The SMILES string of the molecule is CCC(C)(C(=O)OC1C2CCC(C2)C1OS(=O)(=O)N(C)C)C(F)(F)F. The van der Waals surface area contributed by atoms with Crippen LogP contribution in [-0.4, -0.2) is 51.2 Å². The van der Waals surface area contributed by atoms with Gasteiger partial charge in [0.25, 0.3) is 0 Å². The average Bonchev–Trinajstić information content (AvgIpc) is 3.07. The lowest BCUT2D eigenvalue weighted by molar-refractivity contribution is -0.236. The molecule has 25 heavy (non-hydrogen) atoms. The molecule has 0 radical (unpaired) electrons. The summed E-state index contributed by atoms with van der Waals surface area (Å²) in [6.45, 7) is 2.06. The Kier molecular flexibility index (Phi) is 5.48. The monoisotopic (exact) mass is 387 g/mol. The molecule has 2 saturated carbocycles. The van der Waals surface area contributed by atoms with Crippen LogP contribution in [0.25, 0.3) is 0 Å². The van der Waals surface area contributed by atoms with Crippen LogP contribution in [0.5, 0.6) is 0 Å². The summed E-state index contributed by atoms with van der Waals surface area (Å²) in [6.07, 6.45) is -5.16. The van der Waals surface area contributed by atoms with Gasteiger partial charge in [-0.05, 0) is 44.4 Å². The Morgan fingerprint density at radius 2 is 1.68 bits per heavy atom. The molecule has 2 fully saturated rings. The van der Waals surface area contributed by atoms with E-state index in [9.17, 15) is 26.4 Å². The predicted molar refractivity (Wildman–Crippen MR) is 82.6 cm³/mol. The largest absolute Gasteiger partial charge is 0.459 e. The normalized spacial score (nSPS) is 32.0. The molecule has 6 nitrogen and oxygen atoms in total. The quantitative estimate of drug-likeness (QED) is 0.655. The van der Waals surface area contributed by atoms with Crippen LogP contribution in [0, 0.1) is 17.3 Å². The fraction of sp³-hybridized carbons (Fsp3) is 0.933. The van der Waals surface area contributed by atoms with E-state index in [-0.39, 0.29) is 11.8 Å². The third kappa shape index (κ3) is 3.66. The Balaban J connectivity index is 2.20. The van der Waals surface area contributed by atoms with Crippen LogP contribution in [0.1, 0.15) is 39.5 Å². The maximum Gasteiger partial charge on any atom is 0.404 e. The first kappa shape index (κ1) is 20.4. The number of carbonyl (C=O) groups is 1. The fourth-order valence-corrected chi connectivity index (χ4v) is 4.14. The Morgan fingerprint density at radius 3 is 2.12 bits per heavy atom. The molecule has 2 aliphatic rings. The van der Waals surface area contributed by atoms with Crippen LogP contribution in [0.15, 0.2) is 0 Å². The van der Waals surface area contributed by atoms with Crippen LogP contribution < -0.4 is 0 Å². The summed E-state index contributed by atoms with van der Waals surface area (Å²) in [5.74, 6) is -1.70. The van der Waals surface area contributed by atoms with Gasteiger partial charge >= 0.3 is 22.4 Å². The number of esters is 1. The third-order valence-corrected chi connectivity index (χ3v) is 6.83. The van der Waals surface area contributed by atoms with Gasteiger partial charge in [-0.15, -0.1) is 0 Å². The molecule has 146 valence electrons. The third-order valence-electron chi connectivity index (χ3n) is 5.47. The number of ether oxygens (including phenoxy) is 1. The molecule has 0 spiro atoms. The van der Waals surface area contributed by atoms with Crippen molar-refractivity contribution in [2.75, 3.05) is 14.1 Å². The number of halogens is 3. The molecule has 2 rings (SSSR count). The molecule has 0 saturated heterocycles. The summed E-state index contributed by atoms with van der Waals surface area (Å²) >= 11 is 0. The van der Waals surface area contributed by atoms with Crippen LogP contribution in [0.4, 0.5) is 13.2 Å². The van der Waals surface area contributed by atoms with Crippen molar-refractivity contribution in [1.82, 2.24) is 4.31 Å². The molecule has 5 unspecified atom stereocenters. The molecule has 2 aliphatic carbocycles. The van der Waals surface area contributed by atoms with Crippen molar-refractivity contribution in [1.29, 1.82) is 0 Å². The maximum absolute atomic E-state index is 13.3. The number of hydrogen-bond donors (Lipinski definition) is 0. The number of fused-ring (bicyclic) bond motifs is 2. The van der Waals surface area contributed by atoms with Gasteiger partial charge in [-0.2, -0.15) is 25.9 Å². The predicted octanol–water partition coefficient (Wildman–Crippen LogP) is 2.50. The van der Waals surface area contributed by atoms with Gasteiger partial charge in [-0.3, -0.25) is 8.98 Å². The summed E-state index contributed by atoms with van der Waals surface area (Å²) in [5, 5.41) is 0. The second-order valence-corrected chi connectivity index (χ2v) is 8.97. The molecule has 0 aromatic carbocycles. The zero-order chi connectivity index (χ0) is 19.2. The first-order chi connectivity index (χ1) is 11.3. The Morgan fingerprint density at radius 1 is 1.16 bits per heavy atom. The second-order valence-electron chi connectivity index (χ2n) is 7.19. The van der Waals surface area contributed by atoms with Crippen molar-refractivity contribution < 1.29 is 35.3 Å². The van der Waals surface area contributed by atoms with E-state index in [1.165, 1.54) is 21.0 Å². The highest BCUT2D eigenvalue weighted by molar-refractivity contribution is 7.84. The van der Waals surface area contributed by atoms with Gasteiger partial charge in [-0.1, -0.05) is 6.92 Å². The van der Waals surface area contributed by atoms with E-state index < -0.39 is 46.5 Å². The first-order valence-electron chi connectivity index (χ1n) is 8.22. The number of hydrogen-bond acceptors (Lipinski definition) is 5. The van der Waals surface area contributed by atoms with E-state index in [1.54, 1.807) is 0 Å². The molecule has 2 bridgehead atoms. The average molecular weight is 387 g/mol. The zero-order valence-electron chi connectivity index (χ0n) is 14.7. The number of nitrogens with zero attached hydrogens (tertiary/aromatic N) is 1. The minimum atomic E-state index is -4.75. The Labute approximate surface area is 145 Å². The number of carbonyl (C=O) groups excluding carboxylic acids is 1. The molecule has 0 N–H and O–H groups in total. The van der Waals surface area contributed by atoms with Gasteiger partial charge in [0, 0.05) is 14.1 Å². The van der Waals surface area contributed by atoms with Crippen molar-refractivity contribution in [3.05, 3.63) is 0 Å². The smallest absolute Gasteiger partial charge is 0.404 e. The van der Waals surface area contributed by atoms with E-state index in [4.69, 9.17) is 8.92 Å². The van der Waals surface area contributed by atoms with Crippen molar-refractivity contribution in [2.45, 2.75) is 57.9 Å². The fourth-order valence-electron chi connectivity index (χ4n) is 3.42. The van der Waals surface area contributed by atoms with Gasteiger partial charge in [0.05, 0.1) is 0 Å². The lowest BCUT2D eigenvalue weighted by Gasteiger charge is -2.35. The highest BCUT2D eigenvalue weighted by Crippen LogP contribution is 2.50. The highest BCUT2D eigenvalue weighted by atomic mass is 32.2. The summed E-state index contributed by atoms with van der Waals surface area (Å²) in [7, 11) is -1.44. The van der Waals surface area contributed by atoms with Crippen LogP contribution >= 0.6 is 0 Å². The van der Waals surface area contributed by atoms with Crippen LogP contribution in [0.2, 0.25) is 0 Å². The minimum absolute atomic E-state index is 0.142. The van der Waals surface area contributed by atoms with Crippen LogP contribution in [0.3, 0.4) is 0 Å². The summed E-state index contributed by atoms with van der Waals surface area (Å²) in [4.78, 5) is 12.3. The van der Waals surface area contributed by atoms with E-state index in [0.29, 0.717) is 19.3 Å². The summed E-state index contributed by atoms with van der Waals surface area (Å²) < 4.78 is 75.0. The lowest BCUT2D eigenvalue weighted by Crippen LogP contribution is -2.48. The standard InChI is InChI=1S/C15H24F3NO5S/c1-5-14(2,15(16,17)18)13(20)23-11-9-6-7-10(8-9)12(11)24-25(21,22)19(3)4/h9-12H,5-8H2,1-4H3. The lowest BCUT2D eigenvalue weighted by atomic mass is 9.86. The maximum atomic E-state index is 13.3. The molecule has 5 atom stereocenters. The second kappa shape index (κ2) is 6.70. The molecule has 0 aromatic heterocycles.